The Balaban J connectivity index is 1.62. The Morgan fingerprint density at radius 2 is 2.07 bits per heavy atom. The molecule has 1 unspecified atom stereocenters. The second-order valence-corrected chi connectivity index (χ2v) is 6.86. The van der Waals surface area contributed by atoms with E-state index in [9.17, 15) is 4.79 Å². The minimum atomic E-state index is -0.622. The lowest BCUT2D eigenvalue weighted by Gasteiger charge is -2.24. The number of aromatic nitrogens is 3. The Hall–Kier alpha value is -3.03. The van der Waals surface area contributed by atoms with Crippen LogP contribution in [0.15, 0.2) is 54.9 Å². The number of hydrogen-bond donors (Lipinski definition) is 1. The first kappa shape index (κ1) is 18.3. The normalized spacial score (nSPS) is 18.9. The Morgan fingerprint density at radius 1 is 1.21 bits per heavy atom. The fourth-order valence-corrected chi connectivity index (χ4v) is 3.29. The number of rotatable bonds is 5. The molecule has 0 spiro atoms. The summed E-state index contributed by atoms with van der Waals surface area (Å²) in [6.07, 6.45) is 3.55. The first-order valence-corrected chi connectivity index (χ1v) is 9.19. The zero-order valence-electron chi connectivity index (χ0n) is 15.1. The van der Waals surface area contributed by atoms with E-state index in [0.29, 0.717) is 23.4 Å². The van der Waals surface area contributed by atoms with Gasteiger partial charge in [-0.1, -0.05) is 17.7 Å². The highest BCUT2D eigenvalue weighted by atomic mass is 35.5. The molecule has 1 aliphatic rings. The molecule has 1 aliphatic heterocycles. The van der Waals surface area contributed by atoms with E-state index in [1.54, 1.807) is 24.5 Å². The van der Waals surface area contributed by atoms with Gasteiger partial charge in [-0.3, -0.25) is 4.79 Å². The van der Waals surface area contributed by atoms with E-state index in [4.69, 9.17) is 16.3 Å². The number of aldehydes is 1. The van der Waals surface area contributed by atoms with E-state index in [2.05, 4.69) is 20.3 Å². The van der Waals surface area contributed by atoms with Crippen LogP contribution < -0.4 is 10.2 Å². The van der Waals surface area contributed by atoms with Crippen molar-refractivity contribution in [3.8, 4) is 11.3 Å². The molecule has 0 saturated carbocycles. The molecule has 28 heavy (non-hydrogen) atoms. The summed E-state index contributed by atoms with van der Waals surface area (Å²) in [7, 11) is 0. The molecule has 2 aromatic heterocycles. The molecule has 3 heterocycles. The van der Waals surface area contributed by atoms with E-state index >= 15 is 0 Å². The second kappa shape index (κ2) is 7.92. The van der Waals surface area contributed by atoms with Crippen LogP contribution >= 0.6 is 11.6 Å². The molecule has 8 heteroatoms. The molecule has 1 fully saturated rings. The van der Waals surface area contributed by atoms with Crippen molar-refractivity contribution in [2.75, 3.05) is 16.8 Å². The lowest BCUT2D eigenvalue weighted by Crippen LogP contribution is -2.36. The molecule has 0 amide bonds. The minimum Gasteiger partial charge on any atom is -0.349 e. The third-order valence-electron chi connectivity index (χ3n) is 4.42. The van der Waals surface area contributed by atoms with Gasteiger partial charge in [-0.25, -0.2) is 15.0 Å². The number of nitrogens with zero attached hydrogens (tertiary/aromatic N) is 4. The highest BCUT2D eigenvalue weighted by Gasteiger charge is 2.32. The van der Waals surface area contributed by atoms with Gasteiger partial charge in [-0.05, 0) is 43.3 Å². The molecule has 142 valence electrons. The standard InChI is InChI=1S/C20H18ClN5O2/c1-13-12-28-19(11-27)26(13)18-9-14(5-7-22-18)17-6-8-23-20(25-17)24-16-4-2-3-15(21)10-16/h2-11,13,19H,12H2,1H3,(H,23,24,25)/t13-,19?/m0/s1. The van der Waals surface area contributed by atoms with Gasteiger partial charge in [0, 0.05) is 28.7 Å². The fourth-order valence-electron chi connectivity index (χ4n) is 3.10. The molecular weight excluding hydrogens is 378 g/mol. The van der Waals surface area contributed by atoms with Crippen molar-refractivity contribution in [2.24, 2.45) is 0 Å². The number of benzene rings is 1. The number of anilines is 3. The summed E-state index contributed by atoms with van der Waals surface area (Å²) in [6.45, 7) is 2.48. The van der Waals surface area contributed by atoms with E-state index in [1.807, 2.05) is 42.2 Å². The number of pyridine rings is 1. The van der Waals surface area contributed by atoms with Crippen molar-refractivity contribution in [3.63, 3.8) is 0 Å². The van der Waals surface area contributed by atoms with Crippen LogP contribution in [0.4, 0.5) is 17.5 Å². The van der Waals surface area contributed by atoms with E-state index in [-0.39, 0.29) is 6.04 Å². The Labute approximate surface area is 167 Å². The second-order valence-electron chi connectivity index (χ2n) is 6.42. The number of ether oxygens (including phenoxy) is 1. The van der Waals surface area contributed by atoms with Gasteiger partial charge < -0.3 is 15.0 Å². The first-order valence-electron chi connectivity index (χ1n) is 8.81. The summed E-state index contributed by atoms with van der Waals surface area (Å²) in [6, 6.07) is 13.0. The van der Waals surface area contributed by atoms with Crippen molar-refractivity contribution in [1.82, 2.24) is 15.0 Å². The summed E-state index contributed by atoms with van der Waals surface area (Å²) in [5.74, 6) is 1.13. The predicted octanol–water partition coefficient (Wildman–Crippen LogP) is 3.69. The van der Waals surface area contributed by atoms with Crippen LogP contribution in [0.3, 0.4) is 0 Å². The van der Waals surface area contributed by atoms with Gasteiger partial charge in [0.15, 0.2) is 12.5 Å². The van der Waals surface area contributed by atoms with Gasteiger partial charge in [-0.15, -0.1) is 0 Å². The molecule has 0 radical (unpaired) electrons. The third kappa shape index (κ3) is 3.81. The first-order chi connectivity index (χ1) is 13.6. The number of hydrogen-bond acceptors (Lipinski definition) is 7. The average molecular weight is 396 g/mol. The average Bonchev–Trinajstić information content (AvgIpc) is 3.09. The van der Waals surface area contributed by atoms with Gasteiger partial charge in [0.2, 0.25) is 5.95 Å². The molecule has 0 bridgehead atoms. The molecule has 1 aromatic carbocycles. The van der Waals surface area contributed by atoms with Crippen molar-refractivity contribution >= 4 is 35.3 Å². The Bertz CT molecular complexity index is 1000. The maximum atomic E-state index is 11.3. The lowest BCUT2D eigenvalue weighted by atomic mass is 10.1. The largest absolute Gasteiger partial charge is 0.349 e. The Morgan fingerprint density at radius 3 is 2.89 bits per heavy atom. The zero-order chi connectivity index (χ0) is 19.5. The number of nitrogens with one attached hydrogen (secondary N) is 1. The molecule has 0 aliphatic carbocycles. The van der Waals surface area contributed by atoms with Crippen LogP contribution in [-0.4, -0.2) is 40.1 Å². The Kier molecular flexibility index (Phi) is 5.18. The molecule has 7 nitrogen and oxygen atoms in total. The maximum Gasteiger partial charge on any atom is 0.227 e. The van der Waals surface area contributed by atoms with Crippen LogP contribution in [0, 0.1) is 0 Å². The minimum absolute atomic E-state index is 0.0587. The summed E-state index contributed by atoms with van der Waals surface area (Å²) >= 11 is 6.03. The van der Waals surface area contributed by atoms with Gasteiger partial charge in [0.1, 0.15) is 5.82 Å². The summed E-state index contributed by atoms with van der Waals surface area (Å²) in [5, 5.41) is 3.78. The van der Waals surface area contributed by atoms with Crippen LogP contribution in [-0.2, 0) is 9.53 Å². The fraction of sp³-hybridized carbons (Fsp3) is 0.200. The molecule has 4 rings (SSSR count). The lowest BCUT2D eigenvalue weighted by molar-refractivity contribution is -0.115. The van der Waals surface area contributed by atoms with Crippen LogP contribution in [0.5, 0.6) is 0 Å². The van der Waals surface area contributed by atoms with E-state index in [1.165, 1.54) is 0 Å². The van der Waals surface area contributed by atoms with Crippen molar-refractivity contribution in [2.45, 2.75) is 19.2 Å². The maximum absolute atomic E-state index is 11.3. The zero-order valence-corrected chi connectivity index (χ0v) is 15.9. The summed E-state index contributed by atoms with van der Waals surface area (Å²) < 4.78 is 5.49. The van der Waals surface area contributed by atoms with Gasteiger partial charge in [0.25, 0.3) is 0 Å². The molecular formula is C20H18ClN5O2. The topological polar surface area (TPSA) is 80.2 Å². The number of halogens is 1. The molecule has 1 N–H and O–H groups in total. The van der Waals surface area contributed by atoms with E-state index < -0.39 is 6.23 Å². The van der Waals surface area contributed by atoms with Crippen molar-refractivity contribution < 1.29 is 9.53 Å². The van der Waals surface area contributed by atoms with Gasteiger partial charge in [-0.2, -0.15) is 0 Å². The van der Waals surface area contributed by atoms with Crippen LogP contribution in [0.2, 0.25) is 5.02 Å². The molecule has 2 atom stereocenters. The SMILES string of the molecule is C[C@H]1COC(C=O)N1c1cc(-c2ccnc(Nc3cccc(Cl)c3)n2)ccn1. The number of carbonyl (C=O) groups is 1. The van der Waals surface area contributed by atoms with Crippen molar-refractivity contribution in [3.05, 3.63) is 59.9 Å². The van der Waals surface area contributed by atoms with Crippen molar-refractivity contribution in [1.29, 1.82) is 0 Å². The monoisotopic (exact) mass is 395 g/mol. The number of carbonyl (C=O) groups excluding carboxylic acids is 1. The summed E-state index contributed by atoms with van der Waals surface area (Å²) in [4.78, 5) is 26.4. The van der Waals surface area contributed by atoms with Gasteiger partial charge in [0.05, 0.1) is 18.3 Å². The quantitative estimate of drug-likeness (QED) is 0.660. The van der Waals surface area contributed by atoms with E-state index in [0.717, 1.165) is 23.2 Å². The predicted molar refractivity (Wildman–Crippen MR) is 108 cm³/mol. The molecule has 3 aromatic rings. The summed E-state index contributed by atoms with van der Waals surface area (Å²) in [5.41, 5.74) is 2.40. The smallest absolute Gasteiger partial charge is 0.227 e. The molecule has 1 saturated heterocycles. The highest BCUT2D eigenvalue weighted by Crippen LogP contribution is 2.27. The van der Waals surface area contributed by atoms with Crippen LogP contribution in [0.1, 0.15) is 6.92 Å². The third-order valence-corrected chi connectivity index (χ3v) is 4.65. The highest BCUT2D eigenvalue weighted by molar-refractivity contribution is 6.30. The van der Waals surface area contributed by atoms with Crippen LogP contribution in [0.25, 0.3) is 11.3 Å². The van der Waals surface area contributed by atoms with Gasteiger partial charge >= 0.3 is 0 Å².